The molecule has 0 bridgehead atoms. The number of amides is 2. The minimum atomic E-state index is 0.0137. The summed E-state index contributed by atoms with van der Waals surface area (Å²) in [6.45, 7) is 5.10. The van der Waals surface area contributed by atoms with Gasteiger partial charge in [0.15, 0.2) is 0 Å². The van der Waals surface area contributed by atoms with Crippen molar-refractivity contribution in [1.82, 2.24) is 19.7 Å². The van der Waals surface area contributed by atoms with Gasteiger partial charge >= 0.3 is 0 Å². The number of fused-ring (bicyclic) bond motifs is 1. The molecule has 1 aromatic heterocycles. The van der Waals surface area contributed by atoms with Crippen LogP contribution in [0.25, 0.3) is 16.3 Å². The molecule has 4 rings (SSSR count). The summed E-state index contributed by atoms with van der Waals surface area (Å²) < 4.78 is 1.13. The number of carbonyl (C=O) groups excluding carboxylic acids is 2. The van der Waals surface area contributed by atoms with Crippen LogP contribution in [0.3, 0.4) is 0 Å². The summed E-state index contributed by atoms with van der Waals surface area (Å²) in [7, 11) is 0. The number of rotatable bonds is 4. The summed E-state index contributed by atoms with van der Waals surface area (Å²) in [5.41, 5.74) is 0.964. The van der Waals surface area contributed by atoms with Gasteiger partial charge in [-0.25, -0.2) is 4.98 Å². The third kappa shape index (κ3) is 4.36. The third-order valence-electron chi connectivity index (χ3n) is 5.18. The molecule has 2 fully saturated rings. The molecule has 2 saturated heterocycles. The summed E-state index contributed by atoms with van der Waals surface area (Å²) >= 11 is 1.59. The minimum absolute atomic E-state index is 0.0137. The zero-order chi connectivity index (χ0) is 18.6. The fourth-order valence-corrected chi connectivity index (χ4v) is 4.46. The van der Waals surface area contributed by atoms with Crippen LogP contribution in [0.1, 0.15) is 17.8 Å². The molecule has 2 aliphatic heterocycles. The van der Waals surface area contributed by atoms with Crippen LogP contribution < -0.4 is 0 Å². The second-order valence-corrected chi connectivity index (χ2v) is 8.10. The van der Waals surface area contributed by atoms with E-state index in [-0.39, 0.29) is 11.8 Å². The molecule has 27 heavy (non-hydrogen) atoms. The standard InChI is InChI=1S/C20H24N4O2S/c25-19(8-7-18-21-16-5-1-2-6-17(16)27-18)24-13-11-22(12-14-24)15-20(26)23-9-3-4-10-23/h1-2,5-8H,3-4,9-15H2. The van der Waals surface area contributed by atoms with Crippen molar-refractivity contribution < 1.29 is 9.59 Å². The highest BCUT2D eigenvalue weighted by Crippen LogP contribution is 2.22. The molecular weight excluding hydrogens is 360 g/mol. The van der Waals surface area contributed by atoms with E-state index in [0.29, 0.717) is 19.6 Å². The van der Waals surface area contributed by atoms with Gasteiger partial charge in [-0.1, -0.05) is 12.1 Å². The first-order chi connectivity index (χ1) is 13.2. The van der Waals surface area contributed by atoms with Gasteiger partial charge < -0.3 is 9.80 Å². The molecule has 0 radical (unpaired) electrons. The Morgan fingerprint density at radius 2 is 1.74 bits per heavy atom. The highest BCUT2D eigenvalue weighted by atomic mass is 32.1. The van der Waals surface area contributed by atoms with Crippen molar-refractivity contribution in [3.63, 3.8) is 0 Å². The molecule has 7 heteroatoms. The van der Waals surface area contributed by atoms with Crippen LogP contribution >= 0.6 is 11.3 Å². The largest absolute Gasteiger partial charge is 0.342 e. The number of hydrogen-bond acceptors (Lipinski definition) is 5. The smallest absolute Gasteiger partial charge is 0.246 e. The SMILES string of the molecule is O=C(C=Cc1nc2ccccc2s1)N1CCN(CC(=O)N2CCCC2)CC1. The number of thiazole rings is 1. The molecule has 0 unspecified atom stereocenters. The van der Waals surface area contributed by atoms with E-state index >= 15 is 0 Å². The number of para-hydroxylation sites is 1. The summed E-state index contributed by atoms with van der Waals surface area (Å²) in [5.74, 6) is 0.239. The van der Waals surface area contributed by atoms with Crippen molar-refractivity contribution in [1.29, 1.82) is 0 Å². The summed E-state index contributed by atoms with van der Waals surface area (Å²) in [6.07, 6.45) is 5.66. The zero-order valence-electron chi connectivity index (χ0n) is 15.3. The van der Waals surface area contributed by atoms with E-state index in [1.807, 2.05) is 34.1 Å². The Bertz CT molecular complexity index is 816. The lowest BCUT2D eigenvalue weighted by Gasteiger charge is -2.34. The van der Waals surface area contributed by atoms with Crippen molar-refractivity contribution >= 4 is 39.4 Å². The minimum Gasteiger partial charge on any atom is -0.342 e. The molecule has 0 spiro atoms. The predicted octanol–water partition coefficient (Wildman–Crippen LogP) is 2.08. The lowest BCUT2D eigenvalue weighted by Crippen LogP contribution is -2.51. The number of piperazine rings is 1. The molecular formula is C20H24N4O2S. The Hall–Kier alpha value is -2.25. The number of hydrogen-bond donors (Lipinski definition) is 0. The maximum Gasteiger partial charge on any atom is 0.246 e. The molecule has 0 saturated carbocycles. The van der Waals surface area contributed by atoms with Gasteiger partial charge in [0.25, 0.3) is 0 Å². The summed E-state index contributed by atoms with van der Waals surface area (Å²) in [6, 6.07) is 7.98. The highest BCUT2D eigenvalue weighted by molar-refractivity contribution is 7.19. The first kappa shape index (κ1) is 18.1. The Balaban J connectivity index is 1.27. The first-order valence-electron chi connectivity index (χ1n) is 9.52. The van der Waals surface area contributed by atoms with Gasteiger partial charge in [-0.3, -0.25) is 14.5 Å². The monoisotopic (exact) mass is 384 g/mol. The average molecular weight is 385 g/mol. The fourth-order valence-electron chi connectivity index (χ4n) is 3.59. The molecule has 0 N–H and O–H groups in total. The molecule has 6 nitrogen and oxygen atoms in total. The van der Waals surface area contributed by atoms with Crippen molar-refractivity contribution in [3.8, 4) is 0 Å². The average Bonchev–Trinajstić information content (AvgIpc) is 3.36. The Morgan fingerprint density at radius 3 is 2.48 bits per heavy atom. The van der Waals surface area contributed by atoms with Crippen LogP contribution in [0.4, 0.5) is 0 Å². The van der Waals surface area contributed by atoms with Crippen LogP contribution in [-0.2, 0) is 9.59 Å². The maximum atomic E-state index is 12.4. The second kappa shape index (κ2) is 8.19. The molecule has 2 aliphatic rings. The van der Waals surface area contributed by atoms with Crippen LogP contribution in [0.5, 0.6) is 0 Å². The van der Waals surface area contributed by atoms with Gasteiger partial charge in [0, 0.05) is 45.3 Å². The fraction of sp³-hybridized carbons (Fsp3) is 0.450. The Labute approximate surface area is 163 Å². The van der Waals surface area contributed by atoms with E-state index < -0.39 is 0 Å². The van der Waals surface area contributed by atoms with E-state index in [2.05, 4.69) is 9.88 Å². The van der Waals surface area contributed by atoms with E-state index in [4.69, 9.17) is 0 Å². The molecule has 142 valence electrons. The molecule has 2 aromatic rings. The zero-order valence-corrected chi connectivity index (χ0v) is 16.2. The number of carbonyl (C=O) groups is 2. The second-order valence-electron chi connectivity index (χ2n) is 7.04. The van der Waals surface area contributed by atoms with Gasteiger partial charge in [-0.15, -0.1) is 11.3 Å². The van der Waals surface area contributed by atoms with E-state index in [0.717, 1.165) is 54.2 Å². The lowest BCUT2D eigenvalue weighted by atomic mass is 10.3. The van der Waals surface area contributed by atoms with Crippen LogP contribution in [0.15, 0.2) is 30.3 Å². The number of benzene rings is 1. The van der Waals surface area contributed by atoms with Crippen molar-refractivity contribution in [3.05, 3.63) is 35.3 Å². The predicted molar refractivity (Wildman–Crippen MR) is 107 cm³/mol. The normalized spacial score (nSPS) is 18.7. The number of aromatic nitrogens is 1. The van der Waals surface area contributed by atoms with Crippen molar-refractivity contribution in [2.45, 2.75) is 12.8 Å². The molecule has 1 aromatic carbocycles. The highest BCUT2D eigenvalue weighted by Gasteiger charge is 2.24. The number of nitrogens with zero attached hydrogens (tertiary/aromatic N) is 4. The summed E-state index contributed by atoms with van der Waals surface area (Å²) in [4.78, 5) is 35.2. The van der Waals surface area contributed by atoms with E-state index in [1.54, 1.807) is 23.5 Å². The van der Waals surface area contributed by atoms with Crippen LogP contribution in [-0.4, -0.2) is 77.3 Å². The Kier molecular flexibility index (Phi) is 5.50. The topological polar surface area (TPSA) is 56.8 Å². The van der Waals surface area contributed by atoms with Gasteiger partial charge in [-0.05, 0) is 31.1 Å². The van der Waals surface area contributed by atoms with Crippen LogP contribution in [0, 0.1) is 0 Å². The van der Waals surface area contributed by atoms with E-state index in [1.165, 1.54) is 0 Å². The quantitative estimate of drug-likeness (QED) is 0.758. The molecule has 2 amide bonds. The number of likely N-dealkylation sites (tertiary alicyclic amines) is 1. The van der Waals surface area contributed by atoms with Crippen molar-refractivity contribution in [2.24, 2.45) is 0 Å². The third-order valence-corrected chi connectivity index (χ3v) is 6.18. The first-order valence-corrected chi connectivity index (χ1v) is 10.3. The van der Waals surface area contributed by atoms with Gasteiger partial charge in [0.1, 0.15) is 5.01 Å². The van der Waals surface area contributed by atoms with Crippen molar-refractivity contribution in [2.75, 3.05) is 45.8 Å². The van der Waals surface area contributed by atoms with Crippen LogP contribution in [0.2, 0.25) is 0 Å². The van der Waals surface area contributed by atoms with Gasteiger partial charge in [0.05, 0.1) is 16.8 Å². The lowest BCUT2D eigenvalue weighted by molar-refractivity contribution is -0.132. The van der Waals surface area contributed by atoms with E-state index in [9.17, 15) is 9.59 Å². The molecule has 0 aliphatic carbocycles. The maximum absolute atomic E-state index is 12.4. The Morgan fingerprint density at radius 1 is 1.00 bits per heavy atom. The van der Waals surface area contributed by atoms with Gasteiger partial charge in [0.2, 0.25) is 11.8 Å². The summed E-state index contributed by atoms with van der Waals surface area (Å²) in [5, 5.41) is 0.847. The molecule has 3 heterocycles. The van der Waals surface area contributed by atoms with Gasteiger partial charge in [-0.2, -0.15) is 0 Å². The molecule has 0 atom stereocenters.